The summed E-state index contributed by atoms with van der Waals surface area (Å²) in [5.41, 5.74) is 4.94. The van der Waals surface area contributed by atoms with E-state index in [9.17, 15) is 13.2 Å². The number of nitrogens with one attached hydrogen (secondary N) is 1. The van der Waals surface area contributed by atoms with Crippen LogP contribution in [0.25, 0.3) is 10.8 Å². The molecule has 0 amide bonds. The van der Waals surface area contributed by atoms with Crippen LogP contribution < -0.4 is 11.3 Å². The highest BCUT2D eigenvalue weighted by Crippen LogP contribution is 2.24. The second kappa shape index (κ2) is 5.30. The van der Waals surface area contributed by atoms with Crippen LogP contribution >= 0.6 is 11.8 Å². The van der Waals surface area contributed by atoms with Crippen molar-refractivity contribution < 1.29 is 8.42 Å². The van der Waals surface area contributed by atoms with Gasteiger partial charge in [0.1, 0.15) is 0 Å². The van der Waals surface area contributed by atoms with Crippen LogP contribution in [0.3, 0.4) is 0 Å². The van der Waals surface area contributed by atoms with Gasteiger partial charge in [0, 0.05) is 30.1 Å². The molecule has 6 nitrogen and oxygen atoms in total. The van der Waals surface area contributed by atoms with E-state index in [1.165, 1.54) is 24.4 Å². The summed E-state index contributed by atoms with van der Waals surface area (Å²) in [6.45, 7) is 0.0948. The lowest BCUT2D eigenvalue weighted by molar-refractivity contribution is 0.540. The maximum absolute atomic E-state index is 12.3. The van der Waals surface area contributed by atoms with Gasteiger partial charge in [-0.2, -0.15) is 0 Å². The van der Waals surface area contributed by atoms with Gasteiger partial charge in [-0.25, -0.2) is 8.42 Å². The standard InChI is InChI=1S/C11H12ClN3O3S/c12-15(7-5-13)19(17,18)10-3-1-2-9-8(10)4-6-14-11(9)16/h1-4,6H,5,7,13H2,(H,14,16). The lowest BCUT2D eigenvalue weighted by Gasteiger charge is -2.14. The molecule has 1 heterocycles. The van der Waals surface area contributed by atoms with Crippen LogP contribution in [-0.2, 0) is 10.0 Å². The molecule has 0 unspecified atom stereocenters. The van der Waals surface area contributed by atoms with E-state index in [1.54, 1.807) is 6.07 Å². The number of halogens is 1. The average molecular weight is 302 g/mol. The normalized spacial score (nSPS) is 12.2. The molecule has 0 saturated heterocycles. The highest BCUT2D eigenvalue weighted by Gasteiger charge is 2.24. The summed E-state index contributed by atoms with van der Waals surface area (Å²) < 4.78 is 25.2. The van der Waals surface area contributed by atoms with Crippen LogP contribution in [0.2, 0.25) is 0 Å². The molecule has 0 atom stereocenters. The van der Waals surface area contributed by atoms with E-state index in [4.69, 9.17) is 17.5 Å². The summed E-state index contributed by atoms with van der Waals surface area (Å²) in [7, 11) is -3.88. The molecule has 3 N–H and O–H groups in total. The molecule has 102 valence electrons. The first-order valence-electron chi connectivity index (χ1n) is 5.47. The highest BCUT2D eigenvalue weighted by molar-refractivity contribution is 7.90. The highest BCUT2D eigenvalue weighted by atomic mass is 35.5. The minimum absolute atomic E-state index is 0.0104. The van der Waals surface area contributed by atoms with E-state index in [-0.39, 0.29) is 23.5 Å². The number of pyridine rings is 1. The summed E-state index contributed by atoms with van der Waals surface area (Å²) in [5, 5.41) is 0.621. The van der Waals surface area contributed by atoms with Gasteiger partial charge in [-0.1, -0.05) is 6.07 Å². The Kier molecular flexibility index (Phi) is 3.91. The fourth-order valence-electron chi connectivity index (χ4n) is 1.75. The van der Waals surface area contributed by atoms with Crippen LogP contribution in [0.1, 0.15) is 0 Å². The van der Waals surface area contributed by atoms with E-state index in [0.717, 1.165) is 0 Å². The summed E-state index contributed by atoms with van der Waals surface area (Å²) in [5.74, 6) is 0. The van der Waals surface area contributed by atoms with E-state index in [1.807, 2.05) is 0 Å². The number of aromatic amines is 1. The molecule has 19 heavy (non-hydrogen) atoms. The minimum atomic E-state index is -3.88. The van der Waals surface area contributed by atoms with E-state index >= 15 is 0 Å². The number of sulfonamides is 1. The van der Waals surface area contributed by atoms with Gasteiger partial charge >= 0.3 is 0 Å². The second-order valence-corrected chi connectivity index (χ2v) is 6.27. The predicted octanol–water partition coefficient (Wildman–Crippen LogP) is 0.631. The Labute approximate surface area is 114 Å². The van der Waals surface area contributed by atoms with Crippen molar-refractivity contribution in [3.05, 3.63) is 40.8 Å². The smallest absolute Gasteiger partial charge is 0.257 e. The number of benzene rings is 1. The average Bonchev–Trinajstić information content (AvgIpc) is 2.39. The van der Waals surface area contributed by atoms with Crippen LogP contribution in [0.15, 0.2) is 40.2 Å². The van der Waals surface area contributed by atoms with Gasteiger partial charge in [-0.3, -0.25) is 4.79 Å². The molecule has 2 aromatic rings. The van der Waals surface area contributed by atoms with Crippen molar-refractivity contribution in [2.45, 2.75) is 4.90 Å². The van der Waals surface area contributed by atoms with Gasteiger partial charge < -0.3 is 10.7 Å². The number of nitrogens with zero attached hydrogens (tertiary/aromatic N) is 1. The van der Waals surface area contributed by atoms with E-state index in [2.05, 4.69) is 4.98 Å². The van der Waals surface area contributed by atoms with Crippen LogP contribution in [-0.4, -0.2) is 30.3 Å². The summed E-state index contributed by atoms with van der Waals surface area (Å²) in [4.78, 5) is 14.1. The molecule has 0 aliphatic heterocycles. The lowest BCUT2D eigenvalue weighted by atomic mass is 10.2. The zero-order chi connectivity index (χ0) is 14.0. The Morgan fingerprint density at radius 2 is 2.00 bits per heavy atom. The van der Waals surface area contributed by atoms with Crippen molar-refractivity contribution in [3.8, 4) is 0 Å². The number of fused-ring (bicyclic) bond motifs is 1. The van der Waals surface area contributed by atoms with Gasteiger partial charge in [0.15, 0.2) is 0 Å². The Bertz CT molecular complexity index is 757. The number of hydrogen-bond donors (Lipinski definition) is 2. The van der Waals surface area contributed by atoms with Gasteiger partial charge in [0.2, 0.25) is 0 Å². The monoisotopic (exact) mass is 301 g/mol. The van der Waals surface area contributed by atoms with Gasteiger partial charge in [-0.15, -0.1) is 3.82 Å². The Morgan fingerprint density at radius 1 is 1.26 bits per heavy atom. The van der Waals surface area contributed by atoms with Crippen LogP contribution in [0, 0.1) is 0 Å². The third-order valence-electron chi connectivity index (χ3n) is 2.62. The number of hydrogen-bond acceptors (Lipinski definition) is 4. The summed E-state index contributed by atoms with van der Waals surface area (Å²) >= 11 is 5.73. The fraction of sp³-hybridized carbons (Fsp3) is 0.182. The molecule has 0 radical (unpaired) electrons. The molecule has 0 bridgehead atoms. The van der Waals surface area contributed by atoms with Crippen molar-refractivity contribution in [2.75, 3.05) is 13.1 Å². The van der Waals surface area contributed by atoms with Crippen molar-refractivity contribution in [3.63, 3.8) is 0 Å². The molecular formula is C11H12ClN3O3S. The number of nitrogens with two attached hydrogens (primary N) is 1. The third-order valence-corrected chi connectivity index (χ3v) is 4.95. The largest absolute Gasteiger partial charge is 0.329 e. The molecule has 0 aliphatic rings. The van der Waals surface area contributed by atoms with Crippen molar-refractivity contribution in [1.82, 2.24) is 8.81 Å². The number of rotatable bonds is 4. The molecule has 0 saturated carbocycles. The van der Waals surface area contributed by atoms with Gasteiger partial charge in [0.05, 0.1) is 4.90 Å². The van der Waals surface area contributed by atoms with Gasteiger partial charge in [0.25, 0.3) is 15.6 Å². The van der Waals surface area contributed by atoms with Gasteiger partial charge in [-0.05, 0) is 30.0 Å². The number of aromatic nitrogens is 1. The Balaban J connectivity index is 2.70. The minimum Gasteiger partial charge on any atom is -0.329 e. The molecule has 1 aromatic carbocycles. The molecule has 0 spiro atoms. The quantitative estimate of drug-likeness (QED) is 0.810. The van der Waals surface area contributed by atoms with Crippen LogP contribution in [0.4, 0.5) is 0 Å². The first-order chi connectivity index (χ1) is 8.98. The Hall–Kier alpha value is -1.41. The maximum Gasteiger partial charge on any atom is 0.257 e. The third kappa shape index (κ3) is 2.50. The molecule has 8 heteroatoms. The number of H-pyrrole nitrogens is 1. The van der Waals surface area contributed by atoms with Crippen molar-refractivity contribution >= 4 is 32.6 Å². The topological polar surface area (TPSA) is 96.3 Å². The molecular weight excluding hydrogens is 290 g/mol. The lowest BCUT2D eigenvalue weighted by Crippen LogP contribution is -2.27. The SMILES string of the molecule is NCCN(Cl)S(=O)(=O)c1cccc2c(=O)[nH]ccc12. The molecule has 0 aliphatic carbocycles. The summed E-state index contributed by atoms with van der Waals surface area (Å²) in [6, 6.07) is 5.98. The maximum atomic E-state index is 12.3. The molecule has 0 fully saturated rings. The van der Waals surface area contributed by atoms with Crippen molar-refractivity contribution in [1.29, 1.82) is 0 Å². The van der Waals surface area contributed by atoms with E-state index < -0.39 is 10.0 Å². The van der Waals surface area contributed by atoms with Crippen molar-refractivity contribution in [2.24, 2.45) is 5.73 Å². The van der Waals surface area contributed by atoms with Crippen LogP contribution in [0.5, 0.6) is 0 Å². The van der Waals surface area contributed by atoms with E-state index in [0.29, 0.717) is 14.6 Å². The second-order valence-electron chi connectivity index (χ2n) is 3.83. The Morgan fingerprint density at radius 3 is 2.68 bits per heavy atom. The summed E-state index contributed by atoms with van der Waals surface area (Å²) in [6.07, 6.45) is 1.39. The first kappa shape index (κ1) is 14.0. The zero-order valence-electron chi connectivity index (χ0n) is 9.84. The predicted molar refractivity (Wildman–Crippen MR) is 73.4 cm³/mol. The molecule has 2 rings (SSSR count). The molecule has 1 aromatic heterocycles. The zero-order valence-corrected chi connectivity index (χ0v) is 11.4. The fourth-order valence-corrected chi connectivity index (χ4v) is 3.33. The first-order valence-corrected chi connectivity index (χ1v) is 7.25.